The Morgan fingerprint density at radius 3 is 2.52 bits per heavy atom. The van der Waals surface area contributed by atoms with Gasteiger partial charge in [-0.25, -0.2) is 0 Å². The van der Waals surface area contributed by atoms with Gasteiger partial charge in [-0.05, 0) is 50.8 Å². The number of aryl methyl sites for hydroxylation is 1. The Morgan fingerprint density at radius 2 is 2.00 bits per heavy atom. The number of nitrogens with zero attached hydrogens (tertiary/aromatic N) is 1. The third-order valence-corrected chi connectivity index (χ3v) is 4.00. The van der Waals surface area contributed by atoms with Crippen molar-refractivity contribution in [1.29, 1.82) is 0 Å². The standard InChI is InChI=1S/C17H24N2O2/c1-4-11-18-15(20)17(9-10-17)16(21)19(5-2)14-8-6-7-13(3)12-14/h6-8,12H,4-5,9-11H2,1-3H3,(H,18,20). The number of amides is 2. The predicted molar refractivity (Wildman–Crippen MR) is 84.2 cm³/mol. The highest BCUT2D eigenvalue weighted by Gasteiger charge is 2.57. The van der Waals surface area contributed by atoms with Gasteiger partial charge in [-0.1, -0.05) is 19.1 Å². The molecule has 0 bridgehead atoms. The van der Waals surface area contributed by atoms with E-state index in [-0.39, 0.29) is 11.8 Å². The maximum absolute atomic E-state index is 12.8. The minimum Gasteiger partial charge on any atom is -0.355 e. The van der Waals surface area contributed by atoms with Crippen molar-refractivity contribution in [3.63, 3.8) is 0 Å². The highest BCUT2D eigenvalue weighted by Crippen LogP contribution is 2.48. The van der Waals surface area contributed by atoms with Crippen LogP contribution in [0, 0.1) is 12.3 Å². The second-order valence-corrected chi connectivity index (χ2v) is 5.73. The summed E-state index contributed by atoms with van der Waals surface area (Å²) in [5.74, 6) is -0.176. The van der Waals surface area contributed by atoms with Crippen molar-refractivity contribution in [1.82, 2.24) is 5.32 Å². The molecule has 1 aliphatic carbocycles. The van der Waals surface area contributed by atoms with E-state index in [0.29, 0.717) is 25.9 Å². The van der Waals surface area contributed by atoms with E-state index in [4.69, 9.17) is 0 Å². The van der Waals surface area contributed by atoms with Crippen LogP contribution in [0.5, 0.6) is 0 Å². The maximum Gasteiger partial charge on any atom is 0.242 e. The van der Waals surface area contributed by atoms with Crippen molar-refractivity contribution in [3.05, 3.63) is 29.8 Å². The summed E-state index contributed by atoms with van der Waals surface area (Å²) in [5.41, 5.74) is 1.16. The minimum absolute atomic E-state index is 0.0656. The van der Waals surface area contributed by atoms with E-state index in [0.717, 1.165) is 17.7 Å². The molecule has 0 atom stereocenters. The summed E-state index contributed by atoms with van der Waals surface area (Å²) in [4.78, 5) is 26.9. The summed E-state index contributed by atoms with van der Waals surface area (Å²) in [5, 5.41) is 2.87. The van der Waals surface area contributed by atoms with Gasteiger partial charge in [0.2, 0.25) is 11.8 Å². The number of nitrogens with one attached hydrogen (secondary N) is 1. The molecule has 0 spiro atoms. The molecule has 4 nitrogen and oxygen atoms in total. The lowest BCUT2D eigenvalue weighted by Gasteiger charge is -2.26. The number of anilines is 1. The molecular formula is C17H24N2O2. The Hall–Kier alpha value is -1.84. The number of carbonyl (C=O) groups excluding carboxylic acids is 2. The Labute approximate surface area is 126 Å². The van der Waals surface area contributed by atoms with Gasteiger partial charge in [0.05, 0.1) is 0 Å². The second kappa shape index (κ2) is 6.29. The third kappa shape index (κ3) is 3.09. The molecule has 0 heterocycles. The average Bonchev–Trinajstić information content (AvgIpc) is 3.27. The predicted octanol–water partition coefficient (Wildman–Crippen LogP) is 2.65. The molecule has 1 aliphatic rings. The van der Waals surface area contributed by atoms with E-state index < -0.39 is 5.41 Å². The van der Waals surface area contributed by atoms with Crippen LogP contribution in [0.3, 0.4) is 0 Å². The van der Waals surface area contributed by atoms with Gasteiger partial charge >= 0.3 is 0 Å². The number of rotatable bonds is 6. The van der Waals surface area contributed by atoms with Gasteiger partial charge in [-0.2, -0.15) is 0 Å². The number of hydrogen-bond donors (Lipinski definition) is 1. The van der Waals surface area contributed by atoms with E-state index in [9.17, 15) is 9.59 Å². The van der Waals surface area contributed by atoms with Crippen LogP contribution in [0.15, 0.2) is 24.3 Å². The van der Waals surface area contributed by atoms with Crippen molar-refractivity contribution < 1.29 is 9.59 Å². The van der Waals surface area contributed by atoms with Crippen molar-refractivity contribution in [3.8, 4) is 0 Å². The zero-order valence-electron chi connectivity index (χ0n) is 13.1. The van der Waals surface area contributed by atoms with Crippen molar-refractivity contribution in [2.24, 2.45) is 5.41 Å². The maximum atomic E-state index is 12.8. The molecule has 1 aromatic rings. The van der Waals surface area contributed by atoms with Crippen molar-refractivity contribution in [2.45, 2.75) is 40.0 Å². The van der Waals surface area contributed by atoms with Crippen LogP contribution in [0.25, 0.3) is 0 Å². The smallest absolute Gasteiger partial charge is 0.242 e. The van der Waals surface area contributed by atoms with E-state index in [1.807, 2.05) is 45.0 Å². The Bertz CT molecular complexity index is 535. The summed E-state index contributed by atoms with van der Waals surface area (Å²) in [6.07, 6.45) is 2.19. The molecule has 0 aromatic heterocycles. The second-order valence-electron chi connectivity index (χ2n) is 5.73. The lowest BCUT2D eigenvalue weighted by Crippen LogP contribution is -2.45. The zero-order chi connectivity index (χ0) is 15.5. The molecule has 0 aliphatic heterocycles. The van der Waals surface area contributed by atoms with Gasteiger partial charge in [0.25, 0.3) is 0 Å². The molecule has 21 heavy (non-hydrogen) atoms. The molecule has 0 saturated heterocycles. The van der Waals surface area contributed by atoms with E-state index in [1.165, 1.54) is 0 Å². The lowest BCUT2D eigenvalue weighted by molar-refractivity contribution is -0.135. The third-order valence-electron chi connectivity index (χ3n) is 4.00. The van der Waals surface area contributed by atoms with Crippen LogP contribution in [-0.2, 0) is 9.59 Å². The Kier molecular flexibility index (Phi) is 4.66. The van der Waals surface area contributed by atoms with Crippen molar-refractivity contribution in [2.75, 3.05) is 18.0 Å². The number of benzene rings is 1. The topological polar surface area (TPSA) is 49.4 Å². The van der Waals surface area contributed by atoms with Gasteiger partial charge in [0, 0.05) is 18.8 Å². The summed E-state index contributed by atoms with van der Waals surface area (Å²) in [6.45, 7) is 7.16. The molecule has 2 amide bonds. The minimum atomic E-state index is -0.824. The van der Waals surface area contributed by atoms with Gasteiger partial charge in [-0.3, -0.25) is 9.59 Å². The fourth-order valence-electron chi connectivity index (χ4n) is 2.57. The first-order valence-corrected chi connectivity index (χ1v) is 7.72. The van der Waals surface area contributed by atoms with Crippen LogP contribution in [-0.4, -0.2) is 24.9 Å². The summed E-state index contributed by atoms with van der Waals surface area (Å²) >= 11 is 0. The average molecular weight is 288 g/mol. The van der Waals surface area contributed by atoms with Crippen LogP contribution >= 0.6 is 0 Å². The van der Waals surface area contributed by atoms with E-state index in [2.05, 4.69) is 5.32 Å². The molecule has 0 unspecified atom stereocenters. The van der Waals surface area contributed by atoms with E-state index >= 15 is 0 Å². The van der Waals surface area contributed by atoms with Crippen molar-refractivity contribution >= 4 is 17.5 Å². The molecule has 1 N–H and O–H groups in total. The molecule has 1 aromatic carbocycles. The molecule has 1 saturated carbocycles. The summed E-state index contributed by atoms with van der Waals surface area (Å²) in [6, 6.07) is 7.86. The first kappa shape index (κ1) is 15.5. The largest absolute Gasteiger partial charge is 0.355 e. The summed E-state index contributed by atoms with van der Waals surface area (Å²) < 4.78 is 0. The highest BCUT2D eigenvalue weighted by molar-refractivity contribution is 6.14. The summed E-state index contributed by atoms with van der Waals surface area (Å²) in [7, 11) is 0. The van der Waals surface area contributed by atoms with Gasteiger partial charge < -0.3 is 10.2 Å². The lowest BCUT2D eigenvalue weighted by atomic mass is 10.0. The number of carbonyl (C=O) groups is 2. The molecule has 114 valence electrons. The zero-order valence-corrected chi connectivity index (χ0v) is 13.1. The quantitative estimate of drug-likeness (QED) is 0.818. The van der Waals surface area contributed by atoms with Gasteiger partial charge in [0.1, 0.15) is 5.41 Å². The molecule has 0 radical (unpaired) electrons. The van der Waals surface area contributed by atoms with E-state index in [1.54, 1.807) is 4.90 Å². The fraction of sp³-hybridized carbons (Fsp3) is 0.529. The van der Waals surface area contributed by atoms with Crippen LogP contribution in [0.1, 0.15) is 38.7 Å². The van der Waals surface area contributed by atoms with Crippen LogP contribution < -0.4 is 10.2 Å². The van der Waals surface area contributed by atoms with Gasteiger partial charge in [0.15, 0.2) is 0 Å². The molecule has 1 fully saturated rings. The number of hydrogen-bond acceptors (Lipinski definition) is 2. The van der Waals surface area contributed by atoms with Gasteiger partial charge in [-0.15, -0.1) is 0 Å². The molecule has 4 heteroatoms. The van der Waals surface area contributed by atoms with Crippen LogP contribution in [0.2, 0.25) is 0 Å². The monoisotopic (exact) mass is 288 g/mol. The molecule has 2 rings (SSSR count). The normalized spacial score (nSPS) is 15.4. The SMILES string of the molecule is CCCNC(=O)C1(C(=O)N(CC)c2cccc(C)c2)CC1. The fourth-order valence-corrected chi connectivity index (χ4v) is 2.57. The molecular weight excluding hydrogens is 264 g/mol. The Balaban J connectivity index is 2.19. The first-order valence-electron chi connectivity index (χ1n) is 7.72. The Morgan fingerprint density at radius 1 is 1.29 bits per heavy atom. The van der Waals surface area contributed by atoms with Crippen LogP contribution in [0.4, 0.5) is 5.69 Å². The first-order chi connectivity index (χ1) is 10.0. The highest BCUT2D eigenvalue weighted by atomic mass is 16.2.